The minimum Gasteiger partial charge on any atom is -0.347 e. The van der Waals surface area contributed by atoms with Gasteiger partial charge in [0.2, 0.25) is 5.91 Å². The number of thiophene rings is 1. The molecule has 6 nitrogen and oxygen atoms in total. The van der Waals surface area contributed by atoms with Gasteiger partial charge in [-0.2, -0.15) is 11.3 Å². The molecule has 1 fully saturated rings. The van der Waals surface area contributed by atoms with Gasteiger partial charge in [0, 0.05) is 30.3 Å². The van der Waals surface area contributed by atoms with E-state index < -0.39 is 11.8 Å². The van der Waals surface area contributed by atoms with Crippen molar-refractivity contribution in [3.8, 4) is 0 Å². The van der Waals surface area contributed by atoms with Crippen molar-refractivity contribution in [3.63, 3.8) is 0 Å². The van der Waals surface area contributed by atoms with Crippen molar-refractivity contribution in [3.05, 3.63) is 46.7 Å². The van der Waals surface area contributed by atoms with E-state index in [2.05, 4.69) is 32.8 Å². The average Bonchev–Trinajstić information content (AvgIpc) is 3.33. The molecule has 0 radical (unpaired) electrons. The van der Waals surface area contributed by atoms with Crippen LogP contribution in [-0.2, 0) is 19.8 Å². The van der Waals surface area contributed by atoms with Crippen LogP contribution in [0.15, 0.2) is 41.1 Å². The van der Waals surface area contributed by atoms with Crippen LogP contribution in [0.1, 0.15) is 38.2 Å². The Kier molecular flexibility index (Phi) is 5.91. The number of carbonyl (C=O) groups excluding carboxylic acids is 3. The lowest BCUT2D eigenvalue weighted by Crippen LogP contribution is -2.43. The summed E-state index contributed by atoms with van der Waals surface area (Å²) >= 11 is 1.65. The van der Waals surface area contributed by atoms with Crippen LogP contribution in [0.2, 0.25) is 0 Å². The molecule has 1 aliphatic rings. The van der Waals surface area contributed by atoms with Gasteiger partial charge in [-0.3, -0.25) is 14.4 Å². The molecule has 3 amide bonds. The highest BCUT2D eigenvalue weighted by molar-refractivity contribution is 7.08. The molecule has 1 aromatic heterocycles. The smallest absolute Gasteiger partial charge is 0.313 e. The van der Waals surface area contributed by atoms with Crippen LogP contribution in [0.4, 0.5) is 11.4 Å². The molecule has 0 unspecified atom stereocenters. The van der Waals surface area contributed by atoms with Crippen LogP contribution in [0.25, 0.3) is 0 Å². The van der Waals surface area contributed by atoms with Crippen molar-refractivity contribution >= 4 is 40.4 Å². The first-order chi connectivity index (χ1) is 13.0. The van der Waals surface area contributed by atoms with Gasteiger partial charge in [0.15, 0.2) is 0 Å². The second-order valence-electron chi connectivity index (χ2n) is 6.89. The quantitative estimate of drug-likeness (QED) is 0.690. The Labute approximate surface area is 162 Å². The fraction of sp³-hybridized carbons (Fsp3) is 0.350. The molecule has 0 saturated heterocycles. The van der Waals surface area contributed by atoms with E-state index in [1.54, 1.807) is 35.6 Å². The van der Waals surface area contributed by atoms with Crippen molar-refractivity contribution in [1.82, 2.24) is 5.32 Å². The second-order valence-corrected chi connectivity index (χ2v) is 7.67. The van der Waals surface area contributed by atoms with Crippen molar-refractivity contribution in [2.45, 2.75) is 38.0 Å². The molecular weight excluding hydrogens is 362 g/mol. The van der Waals surface area contributed by atoms with Crippen molar-refractivity contribution in [2.75, 3.05) is 17.2 Å². The number of anilines is 2. The lowest BCUT2D eigenvalue weighted by molar-refractivity contribution is -0.136. The normalized spacial score (nSPS) is 15.1. The number of rotatable bonds is 5. The molecule has 7 heteroatoms. The average molecular weight is 385 g/mol. The molecule has 3 N–H and O–H groups in total. The summed E-state index contributed by atoms with van der Waals surface area (Å²) in [6.45, 7) is 1.89. The Morgan fingerprint density at radius 2 is 1.59 bits per heavy atom. The zero-order valence-corrected chi connectivity index (χ0v) is 16.0. The molecule has 0 bridgehead atoms. The minimum atomic E-state index is -0.694. The molecule has 142 valence electrons. The molecule has 2 aromatic rings. The van der Waals surface area contributed by atoms with Gasteiger partial charge in [-0.15, -0.1) is 0 Å². The highest BCUT2D eigenvalue weighted by Gasteiger charge is 2.36. The predicted molar refractivity (Wildman–Crippen MR) is 107 cm³/mol. The molecule has 1 aliphatic carbocycles. The minimum absolute atomic E-state index is 0.0596. The predicted octanol–water partition coefficient (Wildman–Crippen LogP) is 3.27. The maximum Gasteiger partial charge on any atom is 0.313 e. The molecule has 1 aromatic carbocycles. The molecule has 0 atom stereocenters. The van der Waals surface area contributed by atoms with Crippen molar-refractivity contribution < 1.29 is 14.4 Å². The summed E-state index contributed by atoms with van der Waals surface area (Å²) in [5.74, 6) is -1.50. The summed E-state index contributed by atoms with van der Waals surface area (Å²) in [6.07, 6.45) is 4.32. The second kappa shape index (κ2) is 8.35. The standard InChI is InChI=1S/C20H23N3O3S/c1-14(24)22-16-4-6-17(7-5-16)23-19(26)18(25)21-13-20(9-2-3-10-20)15-8-11-27-12-15/h4-8,11-12H,2-3,9-10,13H2,1H3,(H,21,25)(H,22,24)(H,23,26). The van der Waals surface area contributed by atoms with E-state index in [4.69, 9.17) is 0 Å². The number of nitrogens with one attached hydrogen (secondary N) is 3. The van der Waals surface area contributed by atoms with Gasteiger partial charge >= 0.3 is 11.8 Å². The molecule has 3 rings (SSSR count). The molecule has 0 aliphatic heterocycles. The summed E-state index contributed by atoms with van der Waals surface area (Å²) in [5, 5.41) is 12.2. The van der Waals surface area contributed by atoms with E-state index in [9.17, 15) is 14.4 Å². The number of benzene rings is 1. The van der Waals surface area contributed by atoms with Crippen LogP contribution >= 0.6 is 11.3 Å². The van der Waals surface area contributed by atoms with Crippen LogP contribution in [-0.4, -0.2) is 24.3 Å². The van der Waals surface area contributed by atoms with Crippen LogP contribution in [0.3, 0.4) is 0 Å². The molecule has 0 spiro atoms. The topological polar surface area (TPSA) is 87.3 Å². The first-order valence-electron chi connectivity index (χ1n) is 8.98. The first-order valence-corrected chi connectivity index (χ1v) is 9.92. The van der Waals surface area contributed by atoms with Crippen LogP contribution < -0.4 is 16.0 Å². The fourth-order valence-corrected chi connectivity index (χ4v) is 4.32. The zero-order chi connectivity index (χ0) is 19.3. The molecule has 1 heterocycles. The third-order valence-corrected chi connectivity index (χ3v) is 5.63. The highest BCUT2D eigenvalue weighted by Crippen LogP contribution is 2.41. The number of hydrogen-bond donors (Lipinski definition) is 3. The lowest BCUT2D eigenvalue weighted by Gasteiger charge is -2.28. The van der Waals surface area contributed by atoms with Gasteiger partial charge in [-0.25, -0.2) is 0 Å². The molecular formula is C20H23N3O3S. The summed E-state index contributed by atoms with van der Waals surface area (Å²) in [4.78, 5) is 35.5. The van der Waals surface area contributed by atoms with Gasteiger partial charge in [-0.05, 0) is 59.5 Å². The van der Waals surface area contributed by atoms with E-state index in [1.165, 1.54) is 12.5 Å². The summed E-state index contributed by atoms with van der Waals surface area (Å²) in [7, 11) is 0. The summed E-state index contributed by atoms with van der Waals surface area (Å²) in [6, 6.07) is 8.72. The lowest BCUT2D eigenvalue weighted by atomic mass is 9.80. The van der Waals surface area contributed by atoms with E-state index >= 15 is 0 Å². The van der Waals surface area contributed by atoms with Gasteiger partial charge < -0.3 is 16.0 Å². The Morgan fingerprint density at radius 1 is 0.963 bits per heavy atom. The van der Waals surface area contributed by atoms with E-state index in [1.807, 2.05) is 0 Å². The van der Waals surface area contributed by atoms with Gasteiger partial charge in [0.05, 0.1) is 0 Å². The number of amides is 3. The van der Waals surface area contributed by atoms with Crippen LogP contribution in [0, 0.1) is 0 Å². The van der Waals surface area contributed by atoms with E-state index in [0.29, 0.717) is 17.9 Å². The third kappa shape index (κ3) is 4.74. The highest BCUT2D eigenvalue weighted by atomic mass is 32.1. The monoisotopic (exact) mass is 385 g/mol. The van der Waals surface area contributed by atoms with Gasteiger partial charge in [-0.1, -0.05) is 12.8 Å². The number of hydrogen-bond acceptors (Lipinski definition) is 4. The maximum absolute atomic E-state index is 12.3. The largest absolute Gasteiger partial charge is 0.347 e. The molecule has 27 heavy (non-hydrogen) atoms. The Morgan fingerprint density at radius 3 is 2.15 bits per heavy atom. The fourth-order valence-electron chi connectivity index (χ4n) is 3.54. The number of carbonyl (C=O) groups is 3. The van der Waals surface area contributed by atoms with Gasteiger partial charge in [0.25, 0.3) is 0 Å². The van der Waals surface area contributed by atoms with Crippen molar-refractivity contribution in [1.29, 1.82) is 0 Å². The summed E-state index contributed by atoms with van der Waals surface area (Å²) in [5.41, 5.74) is 2.32. The Hall–Kier alpha value is -2.67. The molecule has 1 saturated carbocycles. The first kappa shape index (κ1) is 19.1. The third-order valence-electron chi connectivity index (χ3n) is 4.95. The Bertz CT molecular complexity index is 810. The van der Waals surface area contributed by atoms with Crippen LogP contribution in [0.5, 0.6) is 0 Å². The zero-order valence-electron chi connectivity index (χ0n) is 15.2. The Balaban J connectivity index is 1.56. The van der Waals surface area contributed by atoms with E-state index in [-0.39, 0.29) is 11.3 Å². The summed E-state index contributed by atoms with van der Waals surface area (Å²) < 4.78 is 0. The van der Waals surface area contributed by atoms with Crippen molar-refractivity contribution in [2.24, 2.45) is 0 Å². The SMILES string of the molecule is CC(=O)Nc1ccc(NC(=O)C(=O)NCC2(c3ccsc3)CCCC2)cc1. The maximum atomic E-state index is 12.3. The van der Waals surface area contributed by atoms with E-state index in [0.717, 1.165) is 25.7 Å². The van der Waals surface area contributed by atoms with Gasteiger partial charge in [0.1, 0.15) is 0 Å².